The second kappa shape index (κ2) is 13.1. The molecular formula is C37H42N4O7. The van der Waals surface area contributed by atoms with Crippen LogP contribution >= 0.6 is 0 Å². The molecular weight excluding hydrogens is 612 g/mol. The number of esters is 1. The zero-order valence-corrected chi connectivity index (χ0v) is 28.7. The molecule has 0 radical (unpaired) electrons. The van der Waals surface area contributed by atoms with Crippen LogP contribution in [0.2, 0.25) is 0 Å². The van der Waals surface area contributed by atoms with Crippen molar-refractivity contribution in [3.8, 4) is 22.3 Å². The van der Waals surface area contributed by atoms with Crippen LogP contribution in [0.25, 0.3) is 33.3 Å². The second-order valence-electron chi connectivity index (χ2n) is 13.8. The molecule has 1 N–H and O–H groups in total. The van der Waals surface area contributed by atoms with E-state index in [0.717, 1.165) is 23.1 Å². The average molecular weight is 655 g/mol. The number of carbonyl (C=O) groups is 4. The lowest BCUT2D eigenvalue weighted by Gasteiger charge is -2.28. The molecule has 1 aromatic heterocycles. The van der Waals surface area contributed by atoms with Gasteiger partial charge in [-0.2, -0.15) is 0 Å². The van der Waals surface area contributed by atoms with Gasteiger partial charge in [-0.15, -0.1) is 0 Å². The molecule has 5 rings (SSSR count). The summed E-state index contributed by atoms with van der Waals surface area (Å²) in [5, 5.41) is 2.97. The van der Waals surface area contributed by atoms with Crippen molar-refractivity contribution in [3.63, 3.8) is 0 Å². The molecule has 1 fully saturated rings. The first-order chi connectivity index (χ1) is 22.5. The number of rotatable bonds is 5. The molecule has 2 amide bonds. The number of hydrogen-bond donors (Lipinski definition) is 1. The number of aromatic nitrogens is 2. The smallest absolute Gasteiger partial charge is 0.420 e. The Bertz CT molecular complexity index is 1880. The number of nitrogens with one attached hydrogen (secondary N) is 1. The Morgan fingerprint density at radius 2 is 1.44 bits per heavy atom. The Morgan fingerprint density at radius 3 is 2.06 bits per heavy atom. The monoisotopic (exact) mass is 654 g/mol. The zero-order valence-electron chi connectivity index (χ0n) is 28.7. The summed E-state index contributed by atoms with van der Waals surface area (Å²) in [4.78, 5) is 57.9. The molecule has 11 heteroatoms. The third kappa shape index (κ3) is 7.51. The van der Waals surface area contributed by atoms with Gasteiger partial charge in [-0.05, 0) is 108 Å². The first-order valence-corrected chi connectivity index (χ1v) is 15.9. The molecule has 3 aromatic carbocycles. The third-order valence-electron chi connectivity index (χ3n) is 7.77. The van der Waals surface area contributed by atoms with Crippen LogP contribution < -0.4 is 5.32 Å². The number of aryl methyl sites for hydroxylation is 1. The van der Waals surface area contributed by atoms with Crippen molar-refractivity contribution in [1.29, 1.82) is 0 Å². The van der Waals surface area contributed by atoms with Crippen LogP contribution in [0.3, 0.4) is 0 Å². The van der Waals surface area contributed by atoms with Gasteiger partial charge in [-0.3, -0.25) is 9.69 Å². The number of anilines is 1. The summed E-state index contributed by atoms with van der Waals surface area (Å²) < 4.78 is 17.5. The summed E-state index contributed by atoms with van der Waals surface area (Å²) in [6.45, 7) is 12.9. The summed E-state index contributed by atoms with van der Waals surface area (Å²) in [6, 6.07) is 18.1. The summed E-state index contributed by atoms with van der Waals surface area (Å²) in [5.41, 5.74) is 3.50. The van der Waals surface area contributed by atoms with E-state index in [-0.39, 0.29) is 11.5 Å². The second-order valence-corrected chi connectivity index (χ2v) is 13.8. The Morgan fingerprint density at radius 1 is 0.812 bits per heavy atom. The van der Waals surface area contributed by atoms with Gasteiger partial charge in [0.2, 0.25) is 5.91 Å². The highest BCUT2D eigenvalue weighted by Gasteiger charge is 2.36. The highest BCUT2D eigenvalue weighted by atomic mass is 16.6. The van der Waals surface area contributed by atoms with Crippen molar-refractivity contribution in [2.45, 2.75) is 78.6 Å². The molecule has 252 valence electrons. The number of carbonyl (C=O) groups excluding carboxylic acids is 4. The molecule has 1 aliphatic heterocycles. The topological polar surface area (TPSA) is 129 Å². The van der Waals surface area contributed by atoms with Crippen LogP contribution in [0.4, 0.5) is 15.3 Å². The van der Waals surface area contributed by atoms with Crippen molar-refractivity contribution in [1.82, 2.24) is 14.5 Å². The molecule has 48 heavy (non-hydrogen) atoms. The van der Waals surface area contributed by atoms with Gasteiger partial charge in [-0.1, -0.05) is 36.4 Å². The summed E-state index contributed by atoms with van der Waals surface area (Å²) >= 11 is 0. The van der Waals surface area contributed by atoms with Crippen LogP contribution in [0.15, 0.2) is 60.7 Å². The highest BCUT2D eigenvalue weighted by Crippen LogP contribution is 2.32. The van der Waals surface area contributed by atoms with E-state index in [4.69, 9.17) is 14.2 Å². The fourth-order valence-electron chi connectivity index (χ4n) is 5.70. The van der Waals surface area contributed by atoms with Crippen LogP contribution in [0.5, 0.6) is 0 Å². The first kappa shape index (κ1) is 34.2. The van der Waals surface area contributed by atoms with Gasteiger partial charge in [-0.25, -0.2) is 23.9 Å². The largest absolute Gasteiger partial charge is 0.465 e. The predicted molar refractivity (Wildman–Crippen MR) is 183 cm³/mol. The molecule has 0 aliphatic carbocycles. The van der Waals surface area contributed by atoms with E-state index in [1.807, 2.05) is 48.5 Å². The molecule has 0 bridgehead atoms. The first-order valence-electron chi connectivity index (χ1n) is 15.9. The van der Waals surface area contributed by atoms with E-state index in [9.17, 15) is 19.2 Å². The number of hydrogen-bond acceptors (Lipinski definition) is 8. The Labute approximate surface area is 280 Å². The minimum atomic E-state index is -0.726. The molecule has 4 aromatic rings. The van der Waals surface area contributed by atoms with Gasteiger partial charge in [0.05, 0.1) is 18.2 Å². The molecule has 1 atom stereocenters. The quantitative estimate of drug-likeness (QED) is 0.172. The Hall–Kier alpha value is -5.19. The average Bonchev–Trinajstić information content (AvgIpc) is 3.63. The van der Waals surface area contributed by atoms with E-state index >= 15 is 0 Å². The van der Waals surface area contributed by atoms with Crippen molar-refractivity contribution in [2.24, 2.45) is 0 Å². The maximum Gasteiger partial charge on any atom is 0.420 e. The number of methoxy groups -OCH3 is 1. The fraction of sp³-hybridized carbons (Fsp3) is 0.378. The number of likely N-dealkylation sites (tertiary alicyclic amines) is 1. The zero-order chi connectivity index (χ0) is 35.0. The predicted octanol–water partition coefficient (Wildman–Crippen LogP) is 7.59. The molecule has 1 saturated heterocycles. The standard InChI is InChI=1S/C37H42N4O7/c1-22-38-31-28(33(43)46-8)20-26(21-30(31)41(22)35(45)48-37(5,6)7)24-16-14-23(15-17-24)25-11-9-12-27(19-25)39-32(42)29-13-10-18-40(29)34(44)47-36(2,3)4/h9,11-12,14-17,19-21,29H,10,13,18H2,1-8H3,(H,39,42). The van der Waals surface area contributed by atoms with E-state index in [2.05, 4.69) is 10.3 Å². The van der Waals surface area contributed by atoms with Gasteiger partial charge in [0.1, 0.15) is 28.6 Å². The van der Waals surface area contributed by atoms with Gasteiger partial charge in [0.15, 0.2) is 0 Å². The third-order valence-corrected chi connectivity index (χ3v) is 7.77. The number of benzene rings is 3. The van der Waals surface area contributed by atoms with Crippen LogP contribution in [-0.4, -0.2) is 69.4 Å². The van der Waals surface area contributed by atoms with Crippen LogP contribution in [-0.2, 0) is 19.0 Å². The molecule has 0 spiro atoms. The number of fused-ring (bicyclic) bond motifs is 1. The van der Waals surface area contributed by atoms with Crippen molar-refractivity contribution < 1.29 is 33.4 Å². The summed E-state index contributed by atoms with van der Waals surface area (Å²) in [6.07, 6.45) is 0.203. The molecule has 1 unspecified atom stereocenters. The number of nitrogens with zero attached hydrogens (tertiary/aromatic N) is 3. The number of ether oxygens (including phenoxy) is 3. The number of imidazole rings is 1. The van der Waals surface area contributed by atoms with Gasteiger partial charge >= 0.3 is 18.2 Å². The van der Waals surface area contributed by atoms with E-state index in [1.54, 1.807) is 60.6 Å². The SMILES string of the molecule is COC(=O)c1cc(-c2ccc(-c3cccc(NC(=O)C4CCCN4C(=O)OC(C)(C)C)c3)cc2)cc2c1nc(C)n2C(=O)OC(C)(C)C. The van der Waals surface area contributed by atoms with E-state index < -0.39 is 35.4 Å². The summed E-state index contributed by atoms with van der Waals surface area (Å²) in [7, 11) is 1.30. The summed E-state index contributed by atoms with van der Waals surface area (Å²) in [5.74, 6) is -0.448. The van der Waals surface area contributed by atoms with Crippen molar-refractivity contribution >= 4 is 40.8 Å². The lowest BCUT2D eigenvalue weighted by molar-refractivity contribution is -0.120. The van der Waals surface area contributed by atoms with E-state index in [1.165, 1.54) is 16.6 Å². The Kier molecular flexibility index (Phi) is 9.35. The minimum absolute atomic E-state index is 0.232. The highest BCUT2D eigenvalue weighted by molar-refractivity contribution is 6.06. The van der Waals surface area contributed by atoms with Crippen LogP contribution in [0.1, 0.15) is 70.6 Å². The number of amides is 2. The normalized spacial score (nSPS) is 14.9. The maximum absolute atomic E-state index is 13.2. The molecule has 0 saturated carbocycles. The van der Waals surface area contributed by atoms with Crippen molar-refractivity contribution in [2.75, 3.05) is 19.0 Å². The Balaban J connectivity index is 1.40. The van der Waals surface area contributed by atoms with Crippen molar-refractivity contribution in [3.05, 3.63) is 72.1 Å². The van der Waals surface area contributed by atoms with Gasteiger partial charge < -0.3 is 19.5 Å². The lowest BCUT2D eigenvalue weighted by atomic mass is 9.98. The fourth-order valence-corrected chi connectivity index (χ4v) is 5.70. The van der Waals surface area contributed by atoms with Gasteiger partial charge in [0, 0.05) is 12.2 Å². The van der Waals surface area contributed by atoms with Crippen LogP contribution in [0, 0.1) is 6.92 Å². The molecule has 1 aliphatic rings. The molecule has 11 nitrogen and oxygen atoms in total. The van der Waals surface area contributed by atoms with E-state index in [0.29, 0.717) is 41.1 Å². The minimum Gasteiger partial charge on any atom is -0.465 e. The lowest BCUT2D eigenvalue weighted by Crippen LogP contribution is -2.45. The maximum atomic E-state index is 13.2. The molecule has 2 heterocycles. The van der Waals surface area contributed by atoms with Gasteiger partial charge in [0.25, 0.3) is 0 Å².